The van der Waals surface area contributed by atoms with Crippen molar-refractivity contribution >= 4 is 16.9 Å². The maximum absolute atomic E-state index is 12.6. The van der Waals surface area contributed by atoms with Crippen LogP contribution in [0.3, 0.4) is 0 Å². The van der Waals surface area contributed by atoms with Crippen LogP contribution in [-0.4, -0.2) is 30.9 Å². The summed E-state index contributed by atoms with van der Waals surface area (Å²) in [7, 11) is 2.98. The highest BCUT2D eigenvalue weighted by Gasteiger charge is 2.26. The van der Waals surface area contributed by atoms with E-state index in [2.05, 4.69) is 0 Å². The average molecular weight is 339 g/mol. The van der Waals surface area contributed by atoms with Crippen LogP contribution in [0, 0.1) is 0 Å². The SMILES string of the molecule is COC(=O)c1c(OC(C)C)c2cc(OC)ccc2n1-c1ccccc1. The summed E-state index contributed by atoms with van der Waals surface area (Å²) in [5.41, 5.74) is 2.07. The van der Waals surface area contributed by atoms with Crippen LogP contribution < -0.4 is 9.47 Å². The molecule has 0 amide bonds. The van der Waals surface area contributed by atoms with Gasteiger partial charge in [0, 0.05) is 11.1 Å². The summed E-state index contributed by atoms with van der Waals surface area (Å²) >= 11 is 0. The van der Waals surface area contributed by atoms with Gasteiger partial charge in [0.2, 0.25) is 0 Å². The van der Waals surface area contributed by atoms with Crippen molar-refractivity contribution < 1.29 is 19.0 Å². The molecule has 0 fully saturated rings. The molecular formula is C20H21NO4. The first kappa shape index (κ1) is 16.9. The van der Waals surface area contributed by atoms with Crippen LogP contribution in [0.4, 0.5) is 0 Å². The maximum atomic E-state index is 12.6. The van der Waals surface area contributed by atoms with Crippen LogP contribution in [0.15, 0.2) is 48.5 Å². The van der Waals surface area contributed by atoms with E-state index < -0.39 is 5.97 Å². The van der Waals surface area contributed by atoms with Crippen molar-refractivity contribution in [2.45, 2.75) is 20.0 Å². The van der Waals surface area contributed by atoms with Crippen molar-refractivity contribution in [1.29, 1.82) is 0 Å². The Kier molecular flexibility index (Phi) is 4.65. The topological polar surface area (TPSA) is 49.7 Å². The summed E-state index contributed by atoms with van der Waals surface area (Å²) in [4.78, 5) is 12.6. The lowest BCUT2D eigenvalue weighted by atomic mass is 10.2. The van der Waals surface area contributed by atoms with E-state index >= 15 is 0 Å². The normalized spacial score (nSPS) is 10.9. The van der Waals surface area contributed by atoms with Gasteiger partial charge in [0.25, 0.3) is 0 Å². The molecule has 0 spiro atoms. The third kappa shape index (κ3) is 3.05. The molecule has 0 bridgehead atoms. The number of carbonyl (C=O) groups is 1. The number of aromatic nitrogens is 1. The number of hydrogen-bond donors (Lipinski definition) is 0. The molecule has 5 nitrogen and oxygen atoms in total. The van der Waals surface area contributed by atoms with E-state index in [0.717, 1.165) is 16.6 Å². The molecule has 0 N–H and O–H groups in total. The lowest BCUT2D eigenvalue weighted by Crippen LogP contribution is -2.13. The monoisotopic (exact) mass is 339 g/mol. The van der Waals surface area contributed by atoms with Gasteiger partial charge in [0.1, 0.15) is 5.75 Å². The first-order chi connectivity index (χ1) is 12.1. The molecule has 0 atom stereocenters. The minimum atomic E-state index is -0.449. The number of hydrogen-bond acceptors (Lipinski definition) is 4. The molecule has 0 aliphatic carbocycles. The Morgan fingerprint density at radius 1 is 1.04 bits per heavy atom. The average Bonchev–Trinajstić information content (AvgIpc) is 2.94. The van der Waals surface area contributed by atoms with Crippen molar-refractivity contribution in [3.8, 4) is 17.2 Å². The second-order valence-corrected chi connectivity index (χ2v) is 5.89. The third-order valence-electron chi connectivity index (χ3n) is 3.87. The Morgan fingerprint density at radius 2 is 1.76 bits per heavy atom. The quantitative estimate of drug-likeness (QED) is 0.653. The predicted molar refractivity (Wildman–Crippen MR) is 96.9 cm³/mol. The van der Waals surface area contributed by atoms with Crippen LogP contribution in [0.25, 0.3) is 16.6 Å². The molecule has 0 radical (unpaired) electrons. The van der Waals surface area contributed by atoms with Gasteiger partial charge in [-0.2, -0.15) is 0 Å². The molecule has 25 heavy (non-hydrogen) atoms. The zero-order valence-corrected chi connectivity index (χ0v) is 14.8. The molecular weight excluding hydrogens is 318 g/mol. The minimum absolute atomic E-state index is 0.0931. The summed E-state index contributed by atoms with van der Waals surface area (Å²) in [5.74, 6) is 0.747. The number of fused-ring (bicyclic) bond motifs is 1. The Bertz CT molecular complexity index is 897. The number of carbonyl (C=O) groups excluding carboxylic acids is 1. The number of para-hydroxylation sites is 1. The second-order valence-electron chi connectivity index (χ2n) is 5.89. The van der Waals surface area contributed by atoms with E-state index in [9.17, 15) is 4.79 Å². The fourth-order valence-electron chi connectivity index (χ4n) is 2.85. The van der Waals surface area contributed by atoms with Gasteiger partial charge in [-0.1, -0.05) is 18.2 Å². The number of esters is 1. The van der Waals surface area contributed by atoms with Crippen LogP contribution in [0.5, 0.6) is 11.5 Å². The van der Waals surface area contributed by atoms with E-state index in [4.69, 9.17) is 14.2 Å². The maximum Gasteiger partial charge on any atom is 0.358 e. The number of ether oxygens (including phenoxy) is 3. The van der Waals surface area contributed by atoms with E-state index in [-0.39, 0.29) is 6.10 Å². The zero-order valence-electron chi connectivity index (χ0n) is 14.8. The van der Waals surface area contributed by atoms with Crippen LogP contribution >= 0.6 is 0 Å². The second kappa shape index (κ2) is 6.89. The molecule has 0 saturated carbocycles. The standard InChI is InChI=1S/C20H21NO4/c1-13(2)25-19-16-12-15(23-3)10-11-17(16)21(18(19)20(22)24-4)14-8-6-5-7-9-14/h5-13H,1-4H3. The van der Waals surface area contributed by atoms with Crippen molar-refractivity contribution in [1.82, 2.24) is 4.57 Å². The number of rotatable bonds is 5. The molecule has 5 heteroatoms. The highest BCUT2D eigenvalue weighted by molar-refractivity contribution is 6.03. The summed E-state index contributed by atoms with van der Waals surface area (Å²) in [6, 6.07) is 15.3. The van der Waals surface area contributed by atoms with E-state index in [1.807, 2.05) is 66.9 Å². The lowest BCUT2D eigenvalue weighted by Gasteiger charge is -2.12. The van der Waals surface area contributed by atoms with Gasteiger partial charge in [-0.3, -0.25) is 0 Å². The fraction of sp³-hybridized carbons (Fsp3) is 0.250. The number of nitrogens with zero attached hydrogens (tertiary/aromatic N) is 1. The van der Waals surface area contributed by atoms with Crippen molar-refractivity contribution in [3.05, 3.63) is 54.2 Å². The molecule has 0 aliphatic heterocycles. The summed E-state index contributed by atoms with van der Waals surface area (Å²) in [6.45, 7) is 3.85. The van der Waals surface area contributed by atoms with Gasteiger partial charge in [-0.05, 0) is 44.2 Å². The van der Waals surface area contributed by atoms with E-state index in [0.29, 0.717) is 17.2 Å². The van der Waals surface area contributed by atoms with Crippen LogP contribution in [-0.2, 0) is 4.74 Å². The van der Waals surface area contributed by atoms with Crippen LogP contribution in [0.1, 0.15) is 24.3 Å². The Morgan fingerprint density at radius 3 is 2.36 bits per heavy atom. The molecule has 130 valence electrons. The first-order valence-corrected chi connectivity index (χ1v) is 8.09. The van der Waals surface area contributed by atoms with Gasteiger partial charge in [-0.25, -0.2) is 4.79 Å². The smallest absolute Gasteiger partial charge is 0.358 e. The lowest BCUT2D eigenvalue weighted by molar-refractivity contribution is 0.0585. The summed E-state index contributed by atoms with van der Waals surface area (Å²) in [6.07, 6.45) is -0.0931. The molecule has 0 saturated heterocycles. The Balaban J connectivity index is 2.41. The molecule has 0 unspecified atom stereocenters. The third-order valence-corrected chi connectivity index (χ3v) is 3.87. The summed E-state index contributed by atoms with van der Waals surface area (Å²) < 4.78 is 18.2. The van der Waals surface area contributed by atoms with Crippen molar-refractivity contribution in [2.24, 2.45) is 0 Å². The molecule has 3 aromatic rings. The molecule has 0 aliphatic rings. The Hall–Kier alpha value is -2.95. The zero-order chi connectivity index (χ0) is 18.0. The largest absolute Gasteiger partial charge is 0.497 e. The van der Waals surface area contributed by atoms with Gasteiger partial charge < -0.3 is 18.8 Å². The van der Waals surface area contributed by atoms with Gasteiger partial charge in [0.05, 0.1) is 25.8 Å². The van der Waals surface area contributed by atoms with Crippen molar-refractivity contribution in [3.63, 3.8) is 0 Å². The van der Waals surface area contributed by atoms with Crippen molar-refractivity contribution in [2.75, 3.05) is 14.2 Å². The number of benzene rings is 2. The molecule has 2 aromatic carbocycles. The highest BCUT2D eigenvalue weighted by atomic mass is 16.5. The fourth-order valence-corrected chi connectivity index (χ4v) is 2.85. The van der Waals surface area contributed by atoms with Gasteiger partial charge in [-0.15, -0.1) is 0 Å². The summed E-state index contributed by atoms with van der Waals surface area (Å²) in [5, 5.41) is 0.803. The Labute approximate surface area is 146 Å². The highest BCUT2D eigenvalue weighted by Crippen LogP contribution is 2.38. The van der Waals surface area contributed by atoms with E-state index in [1.165, 1.54) is 7.11 Å². The van der Waals surface area contributed by atoms with E-state index in [1.54, 1.807) is 7.11 Å². The van der Waals surface area contributed by atoms with Crippen LogP contribution in [0.2, 0.25) is 0 Å². The molecule has 3 rings (SSSR count). The molecule has 1 aromatic heterocycles. The predicted octanol–water partition coefficient (Wildman–Crippen LogP) is 4.21. The molecule has 1 heterocycles. The number of methoxy groups -OCH3 is 2. The van der Waals surface area contributed by atoms with Gasteiger partial charge >= 0.3 is 5.97 Å². The minimum Gasteiger partial charge on any atom is -0.497 e. The first-order valence-electron chi connectivity index (χ1n) is 8.09. The van der Waals surface area contributed by atoms with Gasteiger partial charge in [0.15, 0.2) is 11.4 Å².